The number of rotatable bonds is 5. The van der Waals surface area contributed by atoms with E-state index < -0.39 is 5.82 Å². The van der Waals surface area contributed by atoms with Crippen molar-refractivity contribution in [3.05, 3.63) is 34.6 Å². The molecule has 7 heteroatoms. The summed E-state index contributed by atoms with van der Waals surface area (Å²) in [6.07, 6.45) is 0.760. The van der Waals surface area contributed by atoms with Gasteiger partial charge in [0.05, 0.1) is 29.8 Å². The van der Waals surface area contributed by atoms with Gasteiger partial charge in [0.2, 0.25) is 0 Å². The number of benzene rings is 1. The average molecular weight is 340 g/mol. The van der Waals surface area contributed by atoms with Gasteiger partial charge in [-0.05, 0) is 24.1 Å². The summed E-state index contributed by atoms with van der Waals surface area (Å²) in [5, 5.41) is 6.10. The molecule has 124 valence electrons. The third-order valence-electron chi connectivity index (χ3n) is 4.22. The number of amides is 1. The van der Waals surface area contributed by atoms with Crippen LogP contribution in [-0.4, -0.2) is 54.9 Å². The summed E-state index contributed by atoms with van der Waals surface area (Å²) in [5.41, 5.74) is 1.86. The number of hydrogen-bond donors (Lipinski definition) is 0. The van der Waals surface area contributed by atoms with Crippen molar-refractivity contribution >= 4 is 23.2 Å². The van der Waals surface area contributed by atoms with Crippen LogP contribution in [0.4, 0.5) is 4.39 Å². The van der Waals surface area contributed by atoms with E-state index in [9.17, 15) is 9.18 Å². The van der Waals surface area contributed by atoms with E-state index in [1.807, 2.05) is 0 Å². The van der Waals surface area contributed by atoms with E-state index in [1.54, 1.807) is 19.2 Å². The van der Waals surface area contributed by atoms with Crippen LogP contribution in [0.3, 0.4) is 0 Å². The molecule has 1 aromatic rings. The van der Waals surface area contributed by atoms with Crippen molar-refractivity contribution in [3.63, 3.8) is 0 Å². The summed E-state index contributed by atoms with van der Waals surface area (Å²) in [5.74, 6) is -0.435. The Morgan fingerprint density at radius 3 is 3.04 bits per heavy atom. The van der Waals surface area contributed by atoms with Crippen molar-refractivity contribution in [1.82, 2.24) is 9.91 Å². The van der Waals surface area contributed by atoms with Crippen molar-refractivity contribution in [2.24, 2.45) is 11.0 Å². The molecule has 1 unspecified atom stereocenters. The number of nitrogens with zero attached hydrogens (tertiary/aromatic N) is 3. The SMILES string of the molecule is COCCN1N=C2CN(Cc3ccc(F)c(Cl)c3)CCC2C1=O. The van der Waals surface area contributed by atoms with E-state index in [0.717, 1.165) is 24.2 Å². The molecule has 0 aliphatic carbocycles. The first-order chi connectivity index (χ1) is 11.1. The first-order valence-corrected chi connectivity index (χ1v) is 8.00. The minimum absolute atomic E-state index is 0.0709. The fourth-order valence-corrected chi connectivity index (χ4v) is 3.22. The summed E-state index contributed by atoms with van der Waals surface area (Å²) in [6.45, 7) is 3.09. The molecule has 3 rings (SSSR count). The lowest BCUT2D eigenvalue weighted by Gasteiger charge is -2.29. The molecule has 1 atom stereocenters. The molecule has 2 aliphatic heterocycles. The Morgan fingerprint density at radius 1 is 1.48 bits per heavy atom. The van der Waals surface area contributed by atoms with Crippen LogP contribution in [-0.2, 0) is 16.1 Å². The minimum atomic E-state index is -0.409. The van der Waals surface area contributed by atoms with Crippen LogP contribution in [0.15, 0.2) is 23.3 Å². The fourth-order valence-electron chi connectivity index (χ4n) is 3.02. The highest BCUT2D eigenvalue weighted by atomic mass is 35.5. The lowest BCUT2D eigenvalue weighted by Crippen LogP contribution is -2.41. The second-order valence-corrected chi connectivity index (χ2v) is 6.25. The average Bonchev–Trinajstić information content (AvgIpc) is 2.85. The standard InChI is InChI=1S/C16H19ClFN3O2/c1-23-7-6-21-16(22)12-4-5-20(10-15(12)19-21)9-11-2-3-14(18)13(17)8-11/h2-3,8,12H,4-7,9-10H2,1H3. The third-order valence-corrected chi connectivity index (χ3v) is 4.51. The number of halogens is 2. The Kier molecular flexibility index (Phi) is 4.94. The molecule has 2 aliphatic rings. The number of piperidine rings is 1. The third kappa shape index (κ3) is 3.54. The van der Waals surface area contributed by atoms with Crippen molar-refractivity contribution in [2.75, 3.05) is 33.4 Å². The first-order valence-electron chi connectivity index (χ1n) is 7.62. The number of carbonyl (C=O) groups is 1. The van der Waals surface area contributed by atoms with Gasteiger partial charge in [0.15, 0.2) is 0 Å². The topological polar surface area (TPSA) is 45.1 Å². The normalized spacial score (nSPS) is 21.5. The minimum Gasteiger partial charge on any atom is -0.383 e. The molecule has 0 spiro atoms. The van der Waals surface area contributed by atoms with Crippen LogP contribution >= 0.6 is 11.6 Å². The molecule has 0 saturated carbocycles. The number of carbonyl (C=O) groups excluding carboxylic acids is 1. The lowest BCUT2D eigenvalue weighted by atomic mass is 9.94. The van der Waals surface area contributed by atoms with Crippen molar-refractivity contribution in [2.45, 2.75) is 13.0 Å². The Bertz CT molecular complexity index is 638. The summed E-state index contributed by atoms with van der Waals surface area (Å²) < 4.78 is 18.2. The molecule has 1 saturated heterocycles. The molecule has 2 heterocycles. The fraction of sp³-hybridized carbons (Fsp3) is 0.500. The highest BCUT2D eigenvalue weighted by Crippen LogP contribution is 2.25. The second kappa shape index (κ2) is 6.95. The van der Waals surface area contributed by atoms with Crippen molar-refractivity contribution in [3.8, 4) is 0 Å². The molecule has 1 fully saturated rings. The zero-order chi connectivity index (χ0) is 16.4. The van der Waals surface area contributed by atoms with E-state index in [0.29, 0.717) is 26.2 Å². The van der Waals surface area contributed by atoms with Gasteiger partial charge >= 0.3 is 0 Å². The van der Waals surface area contributed by atoms with Crippen LogP contribution in [0.25, 0.3) is 0 Å². The van der Waals surface area contributed by atoms with Gasteiger partial charge in [-0.25, -0.2) is 9.40 Å². The summed E-state index contributed by atoms with van der Waals surface area (Å²) in [4.78, 5) is 14.5. The maximum absolute atomic E-state index is 13.2. The second-order valence-electron chi connectivity index (χ2n) is 5.85. The number of hydrazone groups is 1. The maximum Gasteiger partial charge on any atom is 0.251 e. The molecule has 5 nitrogen and oxygen atoms in total. The monoisotopic (exact) mass is 339 g/mol. The van der Waals surface area contributed by atoms with Gasteiger partial charge in [-0.1, -0.05) is 17.7 Å². The summed E-state index contributed by atoms with van der Waals surface area (Å²) >= 11 is 5.83. The van der Waals surface area contributed by atoms with Gasteiger partial charge in [0.25, 0.3) is 5.91 Å². The highest BCUT2D eigenvalue weighted by Gasteiger charge is 2.38. The van der Waals surface area contributed by atoms with E-state index in [2.05, 4.69) is 10.0 Å². The van der Waals surface area contributed by atoms with Crippen LogP contribution in [0.1, 0.15) is 12.0 Å². The van der Waals surface area contributed by atoms with Gasteiger partial charge in [-0.3, -0.25) is 9.69 Å². The number of methoxy groups -OCH3 is 1. The highest BCUT2D eigenvalue weighted by molar-refractivity contribution is 6.30. The van der Waals surface area contributed by atoms with Gasteiger partial charge < -0.3 is 4.74 Å². The predicted molar refractivity (Wildman–Crippen MR) is 85.8 cm³/mol. The van der Waals surface area contributed by atoms with E-state index in [-0.39, 0.29) is 16.8 Å². The summed E-state index contributed by atoms with van der Waals surface area (Å²) in [7, 11) is 1.61. The quantitative estimate of drug-likeness (QED) is 0.825. The van der Waals surface area contributed by atoms with Gasteiger partial charge in [0, 0.05) is 26.7 Å². The van der Waals surface area contributed by atoms with Crippen molar-refractivity contribution in [1.29, 1.82) is 0 Å². The molecule has 0 aromatic heterocycles. The molecule has 0 radical (unpaired) electrons. The van der Waals surface area contributed by atoms with E-state index in [4.69, 9.17) is 16.3 Å². The number of ether oxygens (including phenoxy) is 1. The zero-order valence-electron chi connectivity index (χ0n) is 13.0. The number of likely N-dealkylation sites (tertiary alicyclic amines) is 1. The Balaban J connectivity index is 1.64. The Labute approximate surface area is 139 Å². The van der Waals surface area contributed by atoms with Crippen LogP contribution in [0.2, 0.25) is 5.02 Å². The largest absolute Gasteiger partial charge is 0.383 e. The van der Waals surface area contributed by atoms with Crippen molar-refractivity contribution < 1.29 is 13.9 Å². The number of fused-ring (bicyclic) bond motifs is 1. The predicted octanol–water partition coefficient (Wildman–Crippen LogP) is 2.15. The van der Waals surface area contributed by atoms with Gasteiger partial charge in [-0.15, -0.1) is 0 Å². The molecule has 1 aromatic carbocycles. The molecule has 0 N–H and O–H groups in total. The smallest absolute Gasteiger partial charge is 0.251 e. The molecular formula is C16H19ClFN3O2. The van der Waals surface area contributed by atoms with E-state index in [1.165, 1.54) is 11.1 Å². The Hall–Kier alpha value is -1.50. The molecule has 23 heavy (non-hydrogen) atoms. The van der Waals surface area contributed by atoms with Gasteiger partial charge in [0.1, 0.15) is 5.82 Å². The van der Waals surface area contributed by atoms with E-state index >= 15 is 0 Å². The van der Waals surface area contributed by atoms with Gasteiger partial charge in [-0.2, -0.15) is 5.10 Å². The summed E-state index contributed by atoms with van der Waals surface area (Å²) in [6, 6.07) is 4.77. The maximum atomic E-state index is 13.2. The molecule has 0 bridgehead atoms. The molecule has 1 amide bonds. The van der Waals surface area contributed by atoms with Crippen LogP contribution in [0, 0.1) is 11.7 Å². The molecular weight excluding hydrogens is 321 g/mol. The van der Waals surface area contributed by atoms with Crippen LogP contribution in [0.5, 0.6) is 0 Å². The lowest BCUT2D eigenvalue weighted by molar-refractivity contribution is -0.132. The zero-order valence-corrected chi connectivity index (χ0v) is 13.7. The Morgan fingerprint density at radius 2 is 2.30 bits per heavy atom. The van der Waals surface area contributed by atoms with Crippen LogP contribution < -0.4 is 0 Å². The number of hydrogen-bond acceptors (Lipinski definition) is 4. The first kappa shape index (κ1) is 16.4.